The van der Waals surface area contributed by atoms with Crippen molar-refractivity contribution in [2.45, 2.75) is 38.1 Å². The van der Waals surface area contributed by atoms with Gasteiger partial charge in [0.2, 0.25) is 0 Å². The van der Waals surface area contributed by atoms with E-state index in [9.17, 15) is 5.11 Å². The van der Waals surface area contributed by atoms with Crippen LogP contribution in [0, 0.1) is 0 Å². The number of aliphatic hydroxyl groups is 1. The van der Waals surface area contributed by atoms with Crippen molar-refractivity contribution in [3.05, 3.63) is 42.2 Å². The van der Waals surface area contributed by atoms with Gasteiger partial charge < -0.3 is 9.84 Å². The third-order valence-corrected chi connectivity index (χ3v) is 3.50. The predicted octanol–water partition coefficient (Wildman–Crippen LogP) is 1.87. The summed E-state index contributed by atoms with van der Waals surface area (Å²) >= 11 is 0. The molecule has 2 heterocycles. The Hall–Kier alpha value is -1.72. The van der Waals surface area contributed by atoms with Crippen LogP contribution >= 0.6 is 0 Å². The van der Waals surface area contributed by atoms with Gasteiger partial charge in [0.1, 0.15) is 6.10 Å². The van der Waals surface area contributed by atoms with Crippen LogP contribution in [0.1, 0.15) is 31.6 Å². The maximum absolute atomic E-state index is 10.4. The molecular formula is C14H17N3O2. The molecule has 0 amide bonds. The average molecular weight is 259 g/mol. The Labute approximate surface area is 111 Å². The molecule has 19 heavy (non-hydrogen) atoms. The summed E-state index contributed by atoms with van der Waals surface area (Å²) in [6.07, 6.45) is 2.79. The molecule has 1 aromatic carbocycles. The highest BCUT2D eigenvalue weighted by molar-refractivity contribution is 5.32. The van der Waals surface area contributed by atoms with Crippen LogP contribution in [0.15, 0.2) is 36.5 Å². The molecule has 1 fully saturated rings. The van der Waals surface area contributed by atoms with Gasteiger partial charge in [0, 0.05) is 0 Å². The Bertz CT molecular complexity index is 541. The van der Waals surface area contributed by atoms with E-state index in [1.54, 1.807) is 10.9 Å². The second kappa shape index (κ2) is 5.11. The maximum Gasteiger partial charge on any atom is 0.124 e. The van der Waals surface area contributed by atoms with Gasteiger partial charge in [-0.25, -0.2) is 4.68 Å². The van der Waals surface area contributed by atoms with E-state index >= 15 is 0 Å². The van der Waals surface area contributed by atoms with E-state index in [4.69, 9.17) is 4.74 Å². The van der Waals surface area contributed by atoms with Crippen molar-refractivity contribution < 1.29 is 9.84 Å². The fraction of sp³-hybridized carbons (Fsp3) is 0.429. The smallest absolute Gasteiger partial charge is 0.124 e. The van der Waals surface area contributed by atoms with Crippen molar-refractivity contribution in [1.82, 2.24) is 15.0 Å². The van der Waals surface area contributed by atoms with Crippen LogP contribution in [-0.4, -0.2) is 32.3 Å². The zero-order valence-corrected chi connectivity index (χ0v) is 10.8. The van der Waals surface area contributed by atoms with Gasteiger partial charge in [0.05, 0.1) is 29.8 Å². The highest BCUT2D eigenvalue weighted by Gasteiger charge is 2.31. The molecule has 5 heteroatoms. The Morgan fingerprint density at radius 3 is 2.79 bits per heavy atom. The Morgan fingerprint density at radius 1 is 1.32 bits per heavy atom. The van der Waals surface area contributed by atoms with Gasteiger partial charge >= 0.3 is 0 Å². The molecule has 1 saturated heterocycles. The van der Waals surface area contributed by atoms with E-state index in [0.717, 1.165) is 18.5 Å². The van der Waals surface area contributed by atoms with E-state index in [1.165, 1.54) is 0 Å². The standard InChI is InChI=1S/C14H17N3O2/c1-10-7-8-13(19-10)14(18)12-9-15-16-17(12)11-5-3-2-4-6-11/h2-6,9-10,13-14,18H,7-8H2,1H3. The summed E-state index contributed by atoms with van der Waals surface area (Å²) in [5.41, 5.74) is 1.56. The quantitative estimate of drug-likeness (QED) is 0.914. The van der Waals surface area contributed by atoms with E-state index in [0.29, 0.717) is 5.69 Å². The van der Waals surface area contributed by atoms with Crippen LogP contribution in [-0.2, 0) is 4.74 Å². The van der Waals surface area contributed by atoms with E-state index in [-0.39, 0.29) is 12.2 Å². The van der Waals surface area contributed by atoms with Crippen LogP contribution in [0.5, 0.6) is 0 Å². The molecule has 1 aliphatic heterocycles. The van der Waals surface area contributed by atoms with Gasteiger partial charge in [0.25, 0.3) is 0 Å². The van der Waals surface area contributed by atoms with E-state index in [1.807, 2.05) is 37.3 Å². The van der Waals surface area contributed by atoms with Crippen LogP contribution in [0.3, 0.4) is 0 Å². The van der Waals surface area contributed by atoms with Crippen molar-refractivity contribution >= 4 is 0 Å². The summed E-state index contributed by atoms with van der Waals surface area (Å²) in [5, 5.41) is 18.4. The van der Waals surface area contributed by atoms with Crippen molar-refractivity contribution in [3.63, 3.8) is 0 Å². The van der Waals surface area contributed by atoms with Gasteiger partial charge in [-0.15, -0.1) is 5.10 Å². The zero-order chi connectivity index (χ0) is 13.2. The summed E-state index contributed by atoms with van der Waals surface area (Å²) in [7, 11) is 0. The number of ether oxygens (including phenoxy) is 1. The SMILES string of the molecule is CC1CCC(C(O)c2cnnn2-c2ccccc2)O1. The molecule has 0 aliphatic carbocycles. The number of hydrogen-bond donors (Lipinski definition) is 1. The number of rotatable bonds is 3. The summed E-state index contributed by atoms with van der Waals surface area (Å²) in [6, 6.07) is 9.67. The van der Waals surface area contributed by atoms with Crippen molar-refractivity contribution in [3.8, 4) is 5.69 Å². The lowest BCUT2D eigenvalue weighted by Gasteiger charge is -2.18. The van der Waals surface area contributed by atoms with Gasteiger partial charge in [0.15, 0.2) is 0 Å². The van der Waals surface area contributed by atoms with Crippen LogP contribution < -0.4 is 0 Å². The molecule has 1 aromatic heterocycles. The van der Waals surface area contributed by atoms with Gasteiger partial charge in [-0.2, -0.15) is 0 Å². The minimum absolute atomic E-state index is 0.170. The monoisotopic (exact) mass is 259 g/mol. The molecule has 3 rings (SSSR count). The van der Waals surface area contributed by atoms with Crippen molar-refractivity contribution in [2.75, 3.05) is 0 Å². The van der Waals surface area contributed by atoms with Gasteiger partial charge in [-0.1, -0.05) is 23.4 Å². The zero-order valence-electron chi connectivity index (χ0n) is 10.8. The largest absolute Gasteiger partial charge is 0.384 e. The molecule has 1 N–H and O–H groups in total. The Morgan fingerprint density at radius 2 is 2.11 bits per heavy atom. The lowest BCUT2D eigenvalue weighted by Crippen LogP contribution is -2.21. The second-order valence-electron chi connectivity index (χ2n) is 4.91. The topological polar surface area (TPSA) is 60.2 Å². The lowest BCUT2D eigenvalue weighted by atomic mass is 10.1. The summed E-state index contributed by atoms with van der Waals surface area (Å²) in [5.74, 6) is 0. The van der Waals surface area contributed by atoms with Crippen LogP contribution in [0.2, 0.25) is 0 Å². The van der Waals surface area contributed by atoms with Gasteiger partial charge in [-0.05, 0) is 31.9 Å². The third kappa shape index (κ3) is 2.39. The third-order valence-electron chi connectivity index (χ3n) is 3.50. The Balaban J connectivity index is 1.88. The summed E-state index contributed by atoms with van der Waals surface area (Å²) in [6.45, 7) is 2.03. The number of nitrogens with zero attached hydrogens (tertiary/aromatic N) is 3. The number of aromatic nitrogens is 3. The minimum Gasteiger partial charge on any atom is -0.384 e. The maximum atomic E-state index is 10.4. The lowest BCUT2D eigenvalue weighted by molar-refractivity contribution is -0.0323. The van der Waals surface area contributed by atoms with Crippen LogP contribution in [0.4, 0.5) is 0 Å². The first kappa shape index (κ1) is 12.3. The fourth-order valence-corrected chi connectivity index (χ4v) is 2.47. The molecule has 1 aliphatic rings. The molecule has 5 nitrogen and oxygen atoms in total. The van der Waals surface area contributed by atoms with Crippen molar-refractivity contribution in [1.29, 1.82) is 0 Å². The number of benzene rings is 1. The predicted molar refractivity (Wildman–Crippen MR) is 69.9 cm³/mol. The molecule has 2 aromatic rings. The molecule has 0 spiro atoms. The van der Waals surface area contributed by atoms with E-state index < -0.39 is 6.10 Å². The number of para-hydroxylation sites is 1. The van der Waals surface area contributed by atoms with Gasteiger partial charge in [-0.3, -0.25) is 0 Å². The molecule has 0 saturated carbocycles. The Kier molecular flexibility index (Phi) is 3.31. The second-order valence-corrected chi connectivity index (χ2v) is 4.91. The van der Waals surface area contributed by atoms with Crippen LogP contribution in [0.25, 0.3) is 5.69 Å². The first-order chi connectivity index (χ1) is 9.25. The molecule has 3 atom stereocenters. The number of aliphatic hydroxyl groups excluding tert-OH is 1. The molecule has 3 unspecified atom stereocenters. The normalized spacial score (nSPS) is 24.5. The summed E-state index contributed by atoms with van der Waals surface area (Å²) in [4.78, 5) is 0. The minimum atomic E-state index is -0.694. The van der Waals surface area contributed by atoms with E-state index in [2.05, 4.69) is 10.3 Å². The first-order valence-electron chi connectivity index (χ1n) is 6.55. The van der Waals surface area contributed by atoms with Crippen molar-refractivity contribution in [2.24, 2.45) is 0 Å². The molecule has 0 radical (unpaired) electrons. The first-order valence-corrected chi connectivity index (χ1v) is 6.55. The highest BCUT2D eigenvalue weighted by Crippen LogP contribution is 2.30. The highest BCUT2D eigenvalue weighted by atomic mass is 16.5. The molecule has 100 valence electrons. The number of hydrogen-bond acceptors (Lipinski definition) is 4. The average Bonchev–Trinajstić information content (AvgIpc) is 3.07. The fourth-order valence-electron chi connectivity index (χ4n) is 2.47. The summed E-state index contributed by atoms with van der Waals surface area (Å²) < 4.78 is 7.38. The molecular weight excluding hydrogens is 242 g/mol. The molecule has 0 bridgehead atoms.